The fraction of sp³-hybridized carbons (Fsp3) is 0.633. The Labute approximate surface area is 332 Å². The Kier molecular flexibility index (Phi) is 41.6. The van der Waals surface area contributed by atoms with Gasteiger partial charge in [0.05, 0.1) is 6.61 Å². The van der Waals surface area contributed by atoms with Gasteiger partial charge in [0.2, 0.25) is 0 Å². The van der Waals surface area contributed by atoms with Crippen LogP contribution in [-0.4, -0.2) is 36.4 Å². The quantitative estimate of drug-likeness (QED) is 0.0387. The standard InChI is InChI=1S/C49H80O5/c1-3-5-7-9-11-13-15-17-19-21-23-24-26-28-30-32-34-36-38-40-42-44-49(52)54-47(45-50)46-53-48(51)43-41-39-37-35-33-31-29-27-25-22-20-18-16-14-12-10-8-6-4-2/h12,14,18-21,24-27,30-33,36,38,47,50H,3-11,13,15-17,22-23,28-29,34-35,37,39-46H2,1-2H3/b14-12+,20-18+,21-19+,26-24+,27-25+,32-30+,33-31+,38-36+/t47-/m0/s1. The predicted molar refractivity (Wildman–Crippen MR) is 232 cm³/mol. The van der Waals surface area contributed by atoms with Gasteiger partial charge in [-0.15, -0.1) is 0 Å². The van der Waals surface area contributed by atoms with Crippen molar-refractivity contribution in [3.05, 3.63) is 97.2 Å². The van der Waals surface area contributed by atoms with Gasteiger partial charge in [-0.25, -0.2) is 0 Å². The number of carbonyl (C=O) groups excluding carboxylic acids is 2. The van der Waals surface area contributed by atoms with Crippen LogP contribution >= 0.6 is 0 Å². The minimum Gasteiger partial charge on any atom is -0.462 e. The van der Waals surface area contributed by atoms with Gasteiger partial charge < -0.3 is 14.6 Å². The first-order valence-electron chi connectivity index (χ1n) is 21.8. The van der Waals surface area contributed by atoms with E-state index in [1.54, 1.807) is 0 Å². The molecular formula is C49H80O5. The van der Waals surface area contributed by atoms with E-state index in [1.165, 1.54) is 77.0 Å². The van der Waals surface area contributed by atoms with Crippen LogP contribution in [0.1, 0.15) is 181 Å². The molecule has 0 rings (SSSR count). The summed E-state index contributed by atoms with van der Waals surface area (Å²) in [6.45, 7) is 4.02. The van der Waals surface area contributed by atoms with E-state index in [1.807, 2.05) is 0 Å². The molecule has 1 atom stereocenters. The summed E-state index contributed by atoms with van der Waals surface area (Å²) >= 11 is 0. The van der Waals surface area contributed by atoms with Crippen molar-refractivity contribution in [1.82, 2.24) is 0 Å². The van der Waals surface area contributed by atoms with Gasteiger partial charge in [-0.2, -0.15) is 0 Å². The van der Waals surface area contributed by atoms with Gasteiger partial charge >= 0.3 is 11.9 Å². The highest BCUT2D eigenvalue weighted by atomic mass is 16.6. The Morgan fingerprint density at radius 1 is 0.426 bits per heavy atom. The number of carbonyl (C=O) groups is 2. The van der Waals surface area contributed by atoms with E-state index < -0.39 is 6.10 Å². The highest BCUT2D eigenvalue weighted by Crippen LogP contribution is 2.10. The minimum absolute atomic E-state index is 0.110. The van der Waals surface area contributed by atoms with Gasteiger partial charge in [0.1, 0.15) is 6.61 Å². The lowest BCUT2D eigenvalue weighted by molar-refractivity contribution is -0.161. The molecule has 0 saturated heterocycles. The van der Waals surface area contributed by atoms with E-state index in [0.717, 1.165) is 70.6 Å². The Morgan fingerprint density at radius 2 is 0.759 bits per heavy atom. The topological polar surface area (TPSA) is 72.8 Å². The third-order valence-corrected chi connectivity index (χ3v) is 8.85. The zero-order valence-electron chi connectivity index (χ0n) is 34.7. The van der Waals surface area contributed by atoms with Crippen molar-refractivity contribution in [2.75, 3.05) is 13.2 Å². The van der Waals surface area contributed by atoms with Crippen molar-refractivity contribution in [3.63, 3.8) is 0 Å². The van der Waals surface area contributed by atoms with Gasteiger partial charge in [0, 0.05) is 12.8 Å². The van der Waals surface area contributed by atoms with Crippen molar-refractivity contribution >= 4 is 11.9 Å². The molecule has 0 spiro atoms. The summed E-state index contributed by atoms with van der Waals surface area (Å²) in [7, 11) is 0. The van der Waals surface area contributed by atoms with Gasteiger partial charge in [0.25, 0.3) is 0 Å². The highest BCUT2D eigenvalue weighted by Gasteiger charge is 2.15. The average molecular weight is 749 g/mol. The lowest BCUT2D eigenvalue weighted by atomic mass is 10.1. The smallest absolute Gasteiger partial charge is 0.306 e. The second-order valence-corrected chi connectivity index (χ2v) is 14.1. The largest absolute Gasteiger partial charge is 0.462 e. The number of allylic oxidation sites excluding steroid dienone is 16. The van der Waals surface area contributed by atoms with E-state index in [-0.39, 0.29) is 31.6 Å². The molecule has 0 aromatic rings. The number of rotatable bonds is 38. The molecule has 0 amide bonds. The SMILES string of the molecule is CCCCC/C=C/C/C=C/C/C=C/C/C=C/CCCCCC(=O)OC[C@H](CO)OC(=O)CCC/C=C/C/C=C/C/C=C/C/C=C/CCCCCCCCC. The maximum Gasteiger partial charge on any atom is 0.306 e. The molecule has 0 fully saturated rings. The summed E-state index contributed by atoms with van der Waals surface area (Å²) < 4.78 is 10.6. The summed E-state index contributed by atoms with van der Waals surface area (Å²) in [5.74, 6) is -0.700. The number of hydrogen-bond donors (Lipinski definition) is 1. The molecule has 0 aliphatic carbocycles. The lowest BCUT2D eigenvalue weighted by Crippen LogP contribution is -2.28. The maximum absolute atomic E-state index is 12.2. The fourth-order valence-corrected chi connectivity index (χ4v) is 5.53. The van der Waals surface area contributed by atoms with Crippen molar-refractivity contribution < 1.29 is 24.2 Å². The molecule has 0 aromatic carbocycles. The first-order chi connectivity index (χ1) is 26.6. The maximum atomic E-state index is 12.2. The van der Waals surface area contributed by atoms with Gasteiger partial charge in [-0.05, 0) is 96.3 Å². The second kappa shape index (κ2) is 44.2. The number of hydrogen-bond acceptors (Lipinski definition) is 5. The van der Waals surface area contributed by atoms with Crippen LogP contribution in [0.5, 0.6) is 0 Å². The number of unbranched alkanes of at least 4 members (excludes halogenated alkanes) is 14. The molecule has 0 aromatic heterocycles. The van der Waals surface area contributed by atoms with Gasteiger partial charge in [0.15, 0.2) is 6.10 Å². The Balaban J connectivity index is 3.74. The highest BCUT2D eigenvalue weighted by molar-refractivity contribution is 5.70. The molecule has 306 valence electrons. The van der Waals surface area contributed by atoms with E-state index in [2.05, 4.69) is 111 Å². The predicted octanol–water partition coefficient (Wildman–Crippen LogP) is 14.1. The number of ether oxygens (including phenoxy) is 2. The summed E-state index contributed by atoms with van der Waals surface area (Å²) in [5.41, 5.74) is 0. The van der Waals surface area contributed by atoms with E-state index >= 15 is 0 Å². The third-order valence-electron chi connectivity index (χ3n) is 8.85. The molecule has 0 unspecified atom stereocenters. The molecule has 0 radical (unpaired) electrons. The molecule has 0 saturated carbocycles. The van der Waals surface area contributed by atoms with Crippen LogP contribution in [0.3, 0.4) is 0 Å². The molecule has 54 heavy (non-hydrogen) atoms. The fourth-order valence-electron chi connectivity index (χ4n) is 5.53. The Hall–Kier alpha value is -3.18. The van der Waals surface area contributed by atoms with Crippen molar-refractivity contribution in [2.24, 2.45) is 0 Å². The van der Waals surface area contributed by atoms with Crippen LogP contribution in [0.15, 0.2) is 97.2 Å². The molecule has 5 heteroatoms. The molecule has 0 aliphatic rings. The Morgan fingerprint density at radius 3 is 1.20 bits per heavy atom. The number of aliphatic hydroxyl groups excluding tert-OH is 1. The van der Waals surface area contributed by atoms with Crippen LogP contribution in [0, 0.1) is 0 Å². The zero-order chi connectivity index (χ0) is 39.3. The van der Waals surface area contributed by atoms with Crippen LogP contribution < -0.4 is 0 Å². The summed E-state index contributed by atoms with van der Waals surface area (Å²) in [5, 5.41) is 9.57. The first-order valence-corrected chi connectivity index (χ1v) is 21.8. The van der Waals surface area contributed by atoms with Crippen LogP contribution in [0.2, 0.25) is 0 Å². The summed E-state index contributed by atoms with van der Waals surface area (Å²) in [6.07, 6.45) is 61.9. The molecule has 0 aliphatic heterocycles. The van der Waals surface area contributed by atoms with Crippen molar-refractivity contribution in [1.29, 1.82) is 0 Å². The van der Waals surface area contributed by atoms with Crippen LogP contribution in [0.4, 0.5) is 0 Å². The lowest BCUT2D eigenvalue weighted by Gasteiger charge is -2.15. The van der Waals surface area contributed by atoms with Gasteiger partial charge in [-0.1, -0.05) is 169 Å². The monoisotopic (exact) mass is 749 g/mol. The average Bonchev–Trinajstić information content (AvgIpc) is 3.17. The summed E-state index contributed by atoms with van der Waals surface area (Å²) in [6, 6.07) is 0. The normalized spacial score (nSPS) is 13.2. The zero-order valence-corrected chi connectivity index (χ0v) is 34.7. The Bertz CT molecular complexity index is 1070. The molecule has 5 nitrogen and oxygen atoms in total. The first kappa shape index (κ1) is 50.8. The summed E-state index contributed by atoms with van der Waals surface area (Å²) in [4.78, 5) is 24.3. The number of aliphatic hydroxyl groups is 1. The second-order valence-electron chi connectivity index (χ2n) is 14.1. The number of esters is 2. The molecular weight excluding hydrogens is 669 g/mol. The van der Waals surface area contributed by atoms with Crippen molar-refractivity contribution in [2.45, 2.75) is 187 Å². The molecule has 1 N–H and O–H groups in total. The van der Waals surface area contributed by atoms with Crippen molar-refractivity contribution in [3.8, 4) is 0 Å². The van der Waals surface area contributed by atoms with Crippen LogP contribution in [0.25, 0.3) is 0 Å². The molecule has 0 bridgehead atoms. The third kappa shape index (κ3) is 41.6. The molecule has 0 heterocycles. The van der Waals surface area contributed by atoms with E-state index in [0.29, 0.717) is 12.8 Å². The van der Waals surface area contributed by atoms with Gasteiger partial charge in [-0.3, -0.25) is 9.59 Å². The van der Waals surface area contributed by atoms with Crippen LogP contribution in [-0.2, 0) is 19.1 Å². The van der Waals surface area contributed by atoms with E-state index in [4.69, 9.17) is 9.47 Å². The minimum atomic E-state index is -0.820. The van der Waals surface area contributed by atoms with E-state index in [9.17, 15) is 14.7 Å².